The van der Waals surface area contributed by atoms with Crippen molar-refractivity contribution in [1.82, 2.24) is 0 Å². The lowest BCUT2D eigenvalue weighted by atomic mass is 10.1. The predicted molar refractivity (Wildman–Crippen MR) is 67.2 cm³/mol. The van der Waals surface area contributed by atoms with Gasteiger partial charge in [-0.3, -0.25) is 0 Å². The van der Waals surface area contributed by atoms with Gasteiger partial charge < -0.3 is 4.74 Å². The topological polar surface area (TPSA) is 13.1 Å². The van der Waals surface area contributed by atoms with Gasteiger partial charge in [-0.15, -0.1) is 0 Å². The van der Waals surface area contributed by atoms with Crippen LogP contribution in [0.15, 0.2) is 34.0 Å². The van der Waals surface area contributed by atoms with Crippen LogP contribution in [0.4, 0.5) is 0 Å². The van der Waals surface area contributed by atoms with Crippen LogP contribution in [0.3, 0.4) is 0 Å². The Kier molecular flexibility index (Phi) is 2.61. The molecule has 0 spiro atoms. The van der Waals surface area contributed by atoms with Gasteiger partial charge in [-0.05, 0) is 36.0 Å². The van der Waals surface area contributed by atoms with Gasteiger partial charge in [-0.25, -0.2) is 0 Å². The molecule has 0 saturated carbocycles. The number of thioether (sulfide) groups is 1. The zero-order valence-corrected chi connectivity index (χ0v) is 10.6. The molecule has 4 heteroatoms. The molecule has 0 saturated heterocycles. The van der Waals surface area contributed by atoms with Gasteiger partial charge in [0.05, 0.1) is 18.2 Å². The fourth-order valence-corrected chi connectivity index (χ4v) is 4.12. The summed E-state index contributed by atoms with van der Waals surface area (Å²) in [5.41, 5.74) is 2.60. The maximum atomic E-state index is 5.17. The Morgan fingerprint density at radius 2 is 2.06 bits per heavy atom. The highest BCUT2D eigenvalue weighted by molar-refractivity contribution is 8.01. The average molecular weight is 250 g/mol. The molecule has 0 aliphatic carbocycles. The zero-order valence-electron chi connectivity index (χ0n) is 8.97. The molecule has 2 aromatic rings. The first-order chi connectivity index (χ1) is 7.88. The van der Waals surface area contributed by atoms with Crippen molar-refractivity contribution in [3.63, 3.8) is 0 Å². The van der Waals surface area contributed by atoms with E-state index in [2.05, 4.69) is 22.1 Å². The number of hydrogen-bond donors (Lipinski definition) is 0. The van der Waals surface area contributed by atoms with Crippen LogP contribution in [-0.2, 0) is 6.54 Å². The quantitative estimate of drug-likeness (QED) is 0.760. The molecule has 1 aromatic carbocycles. The third-order valence-corrected chi connectivity index (χ3v) is 4.97. The molecule has 0 N–H and O–H groups in total. The molecular formula is C12H12NOS2+. The average Bonchev–Trinajstić information content (AvgIpc) is 2.91. The molecule has 2 nitrogen and oxygen atoms in total. The Bertz CT molecular complexity index is 504. The van der Waals surface area contributed by atoms with E-state index >= 15 is 0 Å². The van der Waals surface area contributed by atoms with Crippen LogP contribution in [0.5, 0.6) is 5.75 Å². The Labute approximate surface area is 103 Å². The van der Waals surface area contributed by atoms with Gasteiger partial charge >= 0.3 is 0 Å². The predicted octanol–water partition coefficient (Wildman–Crippen LogP) is 2.82. The van der Waals surface area contributed by atoms with Gasteiger partial charge in [0.2, 0.25) is 5.69 Å². The van der Waals surface area contributed by atoms with E-state index in [4.69, 9.17) is 4.74 Å². The summed E-state index contributed by atoms with van der Waals surface area (Å²) in [7, 11) is 1.70. The summed E-state index contributed by atoms with van der Waals surface area (Å²) >= 11 is 3.79. The molecule has 3 rings (SSSR count). The van der Waals surface area contributed by atoms with Gasteiger partial charge in [0, 0.05) is 5.56 Å². The van der Waals surface area contributed by atoms with Crippen molar-refractivity contribution in [3.05, 3.63) is 29.6 Å². The van der Waals surface area contributed by atoms with Crippen LogP contribution in [0.1, 0.15) is 0 Å². The number of aromatic nitrogens is 1. The second kappa shape index (κ2) is 4.11. The minimum Gasteiger partial charge on any atom is -0.497 e. The highest BCUT2D eigenvalue weighted by Crippen LogP contribution is 2.30. The van der Waals surface area contributed by atoms with E-state index in [0.29, 0.717) is 0 Å². The number of benzene rings is 1. The van der Waals surface area contributed by atoms with Crippen LogP contribution >= 0.6 is 23.1 Å². The Morgan fingerprint density at radius 3 is 2.81 bits per heavy atom. The number of thiazole rings is 1. The summed E-state index contributed by atoms with van der Waals surface area (Å²) in [6.07, 6.45) is 0. The molecule has 16 heavy (non-hydrogen) atoms. The fraction of sp³-hybridized carbons (Fsp3) is 0.250. The van der Waals surface area contributed by atoms with Crippen molar-refractivity contribution in [2.45, 2.75) is 10.9 Å². The minimum absolute atomic E-state index is 0.912. The monoisotopic (exact) mass is 250 g/mol. The summed E-state index contributed by atoms with van der Waals surface area (Å²) in [5.74, 6) is 2.12. The molecule has 0 bridgehead atoms. The van der Waals surface area contributed by atoms with Crippen LogP contribution in [0.2, 0.25) is 0 Å². The van der Waals surface area contributed by atoms with E-state index in [0.717, 1.165) is 12.3 Å². The van der Waals surface area contributed by atoms with E-state index < -0.39 is 0 Å². The number of fused-ring (bicyclic) bond motifs is 1. The molecule has 0 radical (unpaired) electrons. The maximum Gasteiger partial charge on any atom is 0.298 e. The first-order valence-electron chi connectivity index (χ1n) is 5.17. The Morgan fingerprint density at radius 1 is 1.25 bits per heavy atom. The van der Waals surface area contributed by atoms with E-state index in [1.165, 1.54) is 21.3 Å². The third kappa shape index (κ3) is 1.62. The van der Waals surface area contributed by atoms with Crippen LogP contribution in [0, 0.1) is 0 Å². The number of hydrogen-bond acceptors (Lipinski definition) is 3. The van der Waals surface area contributed by atoms with E-state index in [1.54, 1.807) is 7.11 Å². The standard InChI is InChI=1S/C12H12NOS2/c1-14-10-4-2-9(3-5-10)11-8-16-12-13(11)6-7-15-12/h2-5,8H,6-7H2,1H3/q+1. The molecular weight excluding hydrogens is 238 g/mol. The molecule has 82 valence electrons. The number of methoxy groups -OCH3 is 1. The fourth-order valence-electron chi connectivity index (χ4n) is 1.87. The normalized spacial score (nSPS) is 13.8. The number of rotatable bonds is 2. The summed E-state index contributed by atoms with van der Waals surface area (Å²) < 4.78 is 8.99. The zero-order chi connectivity index (χ0) is 11.0. The lowest BCUT2D eigenvalue weighted by Crippen LogP contribution is -2.32. The highest BCUT2D eigenvalue weighted by atomic mass is 32.2. The Hall–Kier alpha value is -1.00. The summed E-state index contributed by atoms with van der Waals surface area (Å²) in [4.78, 5) is 0. The van der Waals surface area contributed by atoms with Gasteiger partial charge in [-0.2, -0.15) is 4.57 Å². The van der Waals surface area contributed by atoms with E-state index in [9.17, 15) is 0 Å². The van der Waals surface area contributed by atoms with Gasteiger partial charge in [-0.1, -0.05) is 11.3 Å². The Balaban J connectivity index is 2.01. The van der Waals surface area contributed by atoms with Crippen LogP contribution < -0.4 is 9.30 Å². The van der Waals surface area contributed by atoms with Gasteiger partial charge in [0.25, 0.3) is 4.34 Å². The largest absolute Gasteiger partial charge is 0.497 e. The second-order valence-corrected chi connectivity index (χ2v) is 5.82. The van der Waals surface area contributed by atoms with Crippen LogP contribution in [0.25, 0.3) is 11.3 Å². The summed E-state index contributed by atoms with van der Waals surface area (Å²) in [6.45, 7) is 1.13. The molecule has 0 atom stereocenters. The van der Waals surface area contributed by atoms with Crippen molar-refractivity contribution in [1.29, 1.82) is 0 Å². The molecule has 0 amide bonds. The minimum atomic E-state index is 0.912. The van der Waals surface area contributed by atoms with Crippen molar-refractivity contribution >= 4 is 23.1 Å². The molecule has 1 aliphatic rings. The molecule has 0 fully saturated rings. The first-order valence-corrected chi connectivity index (χ1v) is 7.03. The first kappa shape index (κ1) is 10.2. The molecule has 0 unspecified atom stereocenters. The van der Waals surface area contributed by atoms with Crippen molar-refractivity contribution in [2.75, 3.05) is 12.9 Å². The smallest absolute Gasteiger partial charge is 0.298 e. The second-order valence-electron chi connectivity index (χ2n) is 3.62. The number of nitrogens with zero attached hydrogens (tertiary/aromatic N) is 1. The molecule has 2 heterocycles. The van der Waals surface area contributed by atoms with E-state index in [-0.39, 0.29) is 0 Å². The van der Waals surface area contributed by atoms with Crippen molar-refractivity contribution in [3.8, 4) is 17.0 Å². The number of ether oxygens (including phenoxy) is 1. The van der Waals surface area contributed by atoms with Gasteiger partial charge in [0.15, 0.2) is 6.54 Å². The molecule has 1 aromatic heterocycles. The third-order valence-electron chi connectivity index (χ3n) is 2.71. The SMILES string of the molecule is COc1ccc(-c2csc3[n+]2CCS3)cc1. The van der Waals surface area contributed by atoms with Crippen molar-refractivity contribution in [2.24, 2.45) is 0 Å². The lowest BCUT2D eigenvalue weighted by molar-refractivity contribution is -0.706. The highest BCUT2D eigenvalue weighted by Gasteiger charge is 2.27. The van der Waals surface area contributed by atoms with E-state index in [1.807, 2.05) is 35.2 Å². The van der Waals surface area contributed by atoms with Gasteiger partial charge in [0.1, 0.15) is 5.75 Å². The summed E-state index contributed by atoms with van der Waals surface area (Å²) in [5, 5.41) is 2.24. The van der Waals surface area contributed by atoms with Crippen molar-refractivity contribution < 1.29 is 9.30 Å². The maximum absolute atomic E-state index is 5.17. The lowest BCUT2D eigenvalue weighted by Gasteiger charge is -2.00. The molecule has 1 aliphatic heterocycles. The van der Waals surface area contributed by atoms with Crippen LogP contribution in [-0.4, -0.2) is 12.9 Å². The summed E-state index contributed by atoms with van der Waals surface area (Å²) in [6, 6.07) is 8.28.